The Kier molecular flexibility index (Phi) is 6.65. The molecule has 1 aromatic heterocycles. The Balaban J connectivity index is 1.77. The van der Waals surface area contributed by atoms with E-state index in [1.165, 1.54) is 0 Å². The summed E-state index contributed by atoms with van der Waals surface area (Å²) in [4.78, 5) is 24.0. The maximum atomic E-state index is 12.2. The van der Waals surface area contributed by atoms with Crippen LogP contribution in [-0.2, 0) is 22.5 Å². The number of ether oxygens (including phenoxy) is 1. The van der Waals surface area contributed by atoms with E-state index >= 15 is 0 Å². The number of halogens is 1. The number of aromatic nitrogens is 1. The Hall–Kier alpha value is -2.27. The smallest absolute Gasteiger partial charge is 0.340 e. The van der Waals surface area contributed by atoms with Crippen LogP contribution in [0.2, 0.25) is 5.02 Å². The molecule has 2 aromatic rings. The van der Waals surface area contributed by atoms with Crippen LogP contribution < -0.4 is 5.32 Å². The SMILES string of the molecule is CCn1c(C)cc(C(=O)OCC(=O)NCCc2ccc(Cl)cc2)c1C. The van der Waals surface area contributed by atoms with Crippen molar-refractivity contribution >= 4 is 23.5 Å². The number of nitrogens with zero attached hydrogens (tertiary/aromatic N) is 1. The summed E-state index contributed by atoms with van der Waals surface area (Å²) in [6.45, 7) is 6.81. The van der Waals surface area contributed by atoms with Crippen LogP contribution in [0, 0.1) is 13.8 Å². The van der Waals surface area contributed by atoms with Gasteiger partial charge in [0.1, 0.15) is 0 Å². The number of benzene rings is 1. The summed E-state index contributed by atoms with van der Waals surface area (Å²) in [5.74, 6) is -0.785. The molecule has 1 amide bonds. The van der Waals surface area contributed by atoms with Crippen molar-refractivity contribution in [1.82, 2.24) is 9.88 Å². The molecule has 1 aromatic carbocycles. The highest BCUT2D eigenvalue weighted by atomic mass is 35.5. The number of carbonyl (C=O) groups excluding carboxylic acids is 2. The van der Waals surface area contributed by atoms with Gasteiger partial charge < -0.3 is 14.6 Å². The highest BCUT2D eigenvalue weighted by Crippen LogP contribution is 2.16. The third-order valence-electron chi connectivity index (χ3n) is 4.09. The monoisotopic (exact) mass is 362 g/mol. The Bertz CT molecular complexity index is 751. The molecule has 25 heavy (non-hydrogen) atoms. The predicted octanol–water partition coefficient (Wildman–Crippen LogP) is 3.29. The van der Waals surface area contributed by atoms with Crippen LogP contribution in [0.25, 0.3) is 0 Å². The van der Waals surface area contributed by atoms with Crippen LogP contribution in [0.15, 0.2) is 30.3 Å². The lowest BCUT2D eigenvalue weighted by Crippen LogP contribution is -2.30. The van der Waals surface area contributed by atoms with Gasteiger partial charge >= 0.3 is 5.97 Å². The van der Waals surface area contributed by atoms with Crippen LogP contribution in [0.5, 0.6) is 0 Å². The lowest BCUT2D eigenvalue weighted by atomic mass is 10.1. The van der Waals surface area contributed by atoms with E-state index in [2.05, 4.69) is 5.32 Å². The maximum Gasteiger partial charge on any atom is 0.340 e. The largest absolute Gasteiger partial charge is 0.452 e. The van der Waals surface area contributed by atoms with Gasteiger partial charge in [-0.3, -0.25) is 4.79 Å². The zero-order chi connectivity index (χ0) is 18.4. The topological polar surface area (TPSA) is 60.3 Å². The van der Waals surface area contributed by atoms with Gasteiger partial charge in [0.05, 0.1) is 5.56 Å². The van der Waals surface area contributed by atoms with Gasteiger partial charge in [-0.1, -0.05) is 23.7 Å². The molecule has 2 rings (SSSR count). The van der Waals surface area contributed by atoms with Crippen molar-refractivity contribution in [1.29, 1.82) is 0 Å². The second-order valence-corrected chi connectivity index (χ2v) is 6.27. The third-order valence-corrected chi connectivity index (χ3v) is 4.35. The van der Waals surface area contributed by atoms with Crippen molar-refractivity contribution in [2.24, 2.45) is 0 Å². The first-order valence-electron chi connectivity index (χ1n) is 8.27. The molecule has 6 heteroatoms. The quantitative estimate of drug-likeness (QED) is 0.769. The summed E-state index contributed by atoms with van der Waals surface area (Å²) in [7, 11) is 0. The Morgan fingerprint density at radius 1 is 1.20 bits per heavy atom. The molecule has 0 spiro atoms. The minimum atomic E-state index is -0.472. The first-order valence-corrected chi connectivity index (χ1v) is 8.65. The molecule has 0 aliphatic rings. The third kappa shape index (κ3) is 5.10. The lowest BCUT2D eigenvalue weighted by molar-refractivity contribution is -0.124. The van der Waals surface area contributed by atoms with Crippen LogP contribution in [0.1, 0.15) is 34.2 Å². The molecular weight excluding hydrogens is 340 g/mol. The average Bonchev–Trinajstić information content (AvgIpc) is 2.88. The molecule has 0 aliphatic heterocycles. The Morgan fingerprint density at radius 2 is 1.88 bits per heavy atom. The van der Waals surface area contributed by atoms with Crippen molar-refractivity contribution < 1.29 is 14.3 Å². The van der Waals surface area contributed by atoms with Gasteiger partial charge in [0.25, 0.3) is 5.91 Å². The number of esters is 1. The van der Waals surface area contributed by atoms with Crippen molar-refractivity contribution in [2.45, 2.75) is 33.7 Å². The summed E-state index contributed by atoms with van der Waals surface area (Å²) >= 11 is 5.83. The van der Waals surface area contributed by atoms with Crippen LogP contribution >= 0.6 is 11.6 Å². The number of aryl methyl sites for hydroxylation is 1. The van der Waals surface area contributed by atoms with Gasteiger partial charge in [0.15, 0.2) is 6.61 Å². The maximum absolute atomic E-state index is 12.2. The standard InChI is InChI=1S/C19H23ClN2O3/c1-4-22-13(2)11-17(14(22)3)19(24)25-12-18(23)21-10-9-15-5-7-16(20)8-6-15/h5-8,11H,4,9-10,12H2,1-3H3,(H,21,23). The van der Waals surface area contributed by atoms with Gasteiger partial charge in [-0.25, -0.2) is 4.79 Å². The number of nitrogens with one attached hydrogen (secondary N) is 1. The fourth-order valence-corrected chi connectivity index (χ4v) is 2.88. The molecule has 134 valence electrons. The van der Waals surface area contributed by atoms with Gasteiger partial charge in [-0.05, 0) is 51.0 Å². The summed E-state index contributed by atoms with van der Waals surface area (Å²) in [6.07, 6.45) is 0.689. The lowest BCUT2D eigenvalue weighted by Gasteiger charge is -2.08. The van der Waals surface area contributed by atoms with E-state index in [-0.39, 0.29) is 12.5 Å². The molecule has 0 atom stereocenters. The average molecular weight is 363 g/mol. The Labute approximate surface area is 152 Å². The van der Waals surface area contributed by atoms with E-state index in [0.29, 0.717) is 23.6 Å². The number of hydrogen-bond acceptors (Lipinski definition) is 3. The second kappa shape index (κ2) is 8.72. The van der Waals surface area contributed by atoms with Gasteiger partial charge in [-0.2, -0.15) is 0 Å². The molecule has 5 nitrogen and oxygen atoms in total. The Morgan fingerprint density at radius 3 is 2.48 bits per heavy atom. The first kappa shape index (κ1) is 19.1. The number of hydrogen-bond donors (Lipinski definition) is 1. The fraction of sp³-hybridized carbons (Fsp3) is 0.368. The molecule has 0 saturated heterocycles. The van der Waals surface area contributed by atoms with Gasteiger partial charge in [0, 0.05) is 29.5 Å². The van der Waals surface area contributed by atoms with E-state index in [1.54, 1.807) is 6.07 Å². The molecule has 0 saturated carbocycles. The van der Waals surface area contributed by atoms with E-state index in [1.807, 2.05) is 49.6 Å². The van der Waals surface area contributed by atoms with Crippen molar-refractivity contribution in [3.05, 3.63) is 57.9 Å². The summed E-state index contributed by atoms with van der Waals surface area (Å²) in [5.41, 5.74) is 3.44. The van der Waals surface area contributed by atoms with E-state index in [0.717, 1.165) is 23.5 Å². The molecule has 0 fully saturated rings. The van der Waals surface area contributed by atoms with Crippen molar-refractivity contribution in [3.63, 3.8) is 0 Å². The zero-order valence-corrected chi connectivity index (χ0v) is 15.5. The highest BCUT2D eigenvalue weighted by Gasteiger charge is 2.17. The minimum absolute atomic E-state index is 0.282. The number of amides is 1. The molecule has 0 bridgehead atoms. The molecule has 0 radical (unpaired) electrons. The zero-order valence-electron chi connectivity index (χ0n) is 14.8. The summed E-state index contributed by atoms with van der Waals surface area (Å²) in [5, 5.41) is 3.42. The van der Waals surface area contributed by atoms with Gasteiger partial charge in [0.2, 0.25) is 0 Å². The van der Waals surface area contributed by atoms with E-state index in [4.69, 9.17) is 16.3 Å². The fourth-order valence-electron chi connectivity index (χ4n) is 2.75. The molecule has 0 aliphatic carbocycles. The van der Waals surface area contributed by atoms with Crippen LogP contribution in [-0.4, -0.2) is 29.6 Å². The minimum Gasteiger partial charge on any atom is -0.452 e. The van der Waals surface area contributed by atoms with Crippen LogP contribution in [0.3, 0.4) is 0 Å². The number of rotatable bonds is 7. The van der Waals surface area contributed by atoms with E-state index < -0.39 is 5.97 Å². The molecular formula is C19H23ClN2O3. The van der Waals surface area contributed by atoms with Crippen molar-refractivity contribution in [2.75, 3.05) is 13.2 Å². The van der Waals surface area contributed by atoms with Gasteiger partial charge in [-0.15, -0.1) is 0 Å². The van der Waals surface area contributed by atoms with Crippen LogP contribution in [0.4, 0.5) is 0 Å². The first-order chi connectivity index (χ1) is 11.9. The molecule has 1 N–H and O–H groups in total. The number of carbonyl (C=O) groups is 2. The molecule has 0 unspecified atom stereocenters. The highest BCUT2D eigenvalue weighted by molar-refractivity contribution is 6.30. The van der Waals surface area contributed by atoms with E-state index in [9.17, 15) is 9.59 Å². The predicted molar refractivity (Wildman–Crippen MR) is 98.0 cm³/mol. The van der Waals surface area contributed by atoms with Crippen molar-refractivity contribution in [3.8, 4) is 0 Å². The molecule has 1 heterocycles. The summed E-state index contributed by atoms with van der Waals surface area (Å²) < 4.78 is 7.15. The summed E-state index contributed by atoms with van der Waals surface area (Å²) in [6, 6.07) is 9.25. The normalized spacial score (nSPS) is 10.6. The second-order valence-electron chi connectivity index (χ2n) is 5.83.